The molecular formula is C25H30ClN7O3S. The molecule has 1 unspecified atom stereocenters. The van der Waals surface area contributed by atoms with E-state index >= 15 is 0 Å². The highest BCUT2D eigenvalue weighted by Crippen LogP contribution is 2.38. The molecule has 1 saturated heterocycles. The molecule has 1 atom stereocenters. The average Bonchev–Trinajstić information content (AvgIpc) is 3.21. The molecule has 1 aliphatic heterocycles. The molecular weight excluding hydrogens is 514 g/mol. The number of primary amides is 1. The summed E-state index contributed by atoms with van der Waals surface area (Å²) in [7, 11) is -1.66. The van der Waals surface area contributed by atoms with Crippen molar-refractivity contribution < 1.29 is 13.2 Å². The smallest absolute Gasteiger partial charge is 0.314 e. The lowest BCUT2D eigenvalue weighted by atomic mass is 9.92. The summed E-state index contributed by atoms with van der Waals surface area (Å²) in [6.07, 6.45) is 8.86. The van der Waals surface area contributed by atoms with Crippen molar-refractivity contribution in [3.63, 3.8) is 0 Å². The van der Waals surface area contributed by atoms with Crippen molar-refractivity contribution in [1.82, 2.24) is 29.5 Å². The fourth-order valence-electron chi connectivity index (χ4n) is 4.39. The van der Waals surface area contributed by atoms with Crippen LogP contribution >= 0.6 is 11.6 Å². The minimum Gasteiger partial charge on any atom is -0.351 e. The lowest BCUT2D eigenvalue weighted by molar-refractivity contribution is 0.200. The third-order valence-electron chi connectivity index (χ3n) is 6.20. The van der Waals surface area contributed by atoms with Crippen LogP contribution in [0, 0.1) is 0 Å². The highest BCUT2D eigenvalue weighted by molar-refractivity contribution is 7.88. The van der Waals surface area contributed by atoms with Gasteiger partial charge in [0.1, 0.15) is 0 Å². The Labute approximate surface area is 221 Å². The van der Waals surface area contributed by atoms with Crippen molar-refractivity contribution in [2.45, 2.75) is 12.5 Å². The molecule has 0 radical (unpaired) electrons. The van der Waals surface area contributed by atoms with Crippen LogP contribution in [0.5, 0.6) is 0 Å². The lowest BCUT2D eigenvalue weighted by Crippen LogP contribution is -2.48. The Bertz CT molecular complexity index is 1420. The molecule has 10 nitrogen and oxygen atoms in total. The number of piperazine rings is 1. The maximum absolute atomic E-state index is 12.2. The number of benzene rings is 1. The van der Waals surface area contributed by atoms with Gasteiger partial charge in [0.15, 0.2) is 0 Å². The monoisotopic (exact) mass is 543 g/mol. The summed E-state index contributed by atoms with van der Waals surface area (Å²) >= 11 is 6.30. The number of nitrogens with zero attached hydrogens (tertiary/aromatic N) is 4. The number of carbonyl (C=O) groups is 1. The maximum Gasteiger partial charge on any atom is 0.314 e. The van der Waals surface area contributed by atoms with E-state index in [0.29, 0.717) is 11.4 Å². The molecule has 0 bridgehead atoms. The van der Waals surface area contributed by atoms with Crippen LogP contribution in [0.3, 0.4) is 0 Å². The summed E-state index contributed by atoms with van der Waals surface area (Å²) in [5.74, 6) is 0. The Kier molecular flexibility index (Phi) is 8.28. The summed E-state index contributed by atoms with van der Waals surface area (Å²) in [6.45, 7) is 3.22. The molecule has 0 saturated carbocycles. The SMILES string of the molecule is Cn1cncc1C(NS(C)(=O)=O)C1=Cc2cccnc2Cc2ccc(Cl)cc21.NC(=O)N1CCNCC1. The molecule has 0 spiro atoms. The maximum atomic E-state index is 12.2. The van der Waals surface area contributed by atoms with Gasteiger partial charge in [0, 0.05) is 50.9 Å². The summed E-state index contributed by atoms with van der Waals surface area (Å²) in [5, 5.41) is 3.71. The number of aromatic nitrogens is 3. The van der Waals surface area contributed by atoms with E-state index in [2.05, 4.69) is 20.0 Å². The van der Waals surface area contributed by atoms with E-state index in [1.54, 1.807) is 23.6 Å². The molecule has 2 aliphatic rings. The molecule has 5 rings (SSSR count). The summed E-state index contributed by atoms with van der Waals surface area (Å²) in [4.78, 5) is 20.8. The third-order valence-corrected chi connectivity index (χ3v) is 7.10. The van der Waals surface area contributed by atoms with Gasteiger partial charge in [-0.3, -0.25) is 4.98 Å². The van der Waals surface area contributed by atoms with E-state index in [1.807, 2.05) is 48.0 Å². The molecule has 1 aliphatic carbocycles. The quantitative estimate of drug-likeness (QED) is 0.461. The molecule has 1 fully saturated rings. The highest BCUT2D eigenvalue weighted by Gasteiger charge is 2.28. The van der Waals surface area contributed by atoms with Crippen LogP contribution in [0.1, 0.15) is 34.1 Å². The third kappa shape index (κ3) is 6.75. The van der Waals surface area contributed by atoms with Crippen molar-refractivity contribution in [2.75, 3.05) is 32.4 Å². The number of urea groups is 1. The largest absolute Gasteiger partial charge is 0.351 e. The topological polar surface area (TPSA) is 135 Å². The zero-order valence-corrected chi connectivity index (χ0v) is 22.3. The molecule has 196 valence electrons. The van der Waals surface area contributed by atoms with Gasteiger partial charge in [-0.1, -0.05) is 23.7 Å². The Morgan fingerprint density at radius 2 is 2.00 bits per heavy atom. The van der Waals surface area contributed by atoms with Crippen LogP contribution in [0.2, 0.25) is 5.02 Å². The normalized spacial score (nSPS) is 15.9. The number of imidazole rings is 1. The van der Waals surface area contributed by atoms with E-state index in [1.165, 1.54) is 0 Å². The molecule has 3 aromatic rings. The van der Waals surface area contributed by atoms with Gasteiger partial charge in [-0.25, -0.2) is 22.9 Å². The Morgan fingerprint density at radius 3 is 2.62 bits per heavy atom. The van der Waals surface area contributed by atoms with Gasteiger partial charge >= 0.3 is 6.03 Å². The Hall–Kier alpha value is -3.25. The zero-order valence-electron chi connectivity index (χ0n) is 20.7. The minimum absolute atomic E-state index is 0.309. The lowest BCUT2D eigenvalue weighted by Gasteiger charge is -2.25. The van der Waals surface area contributed by atoms with Gasteiger partial charge in [0.05, 0.1) is 36.2 Å². The fraction of sp³-hybridized carbons (Fsp3) is 0.320. The molecule has 1 aromatic carbocycles. The number of fused-ring (bicyclic) bond motifs is 2. The molecule has 3 heterocycles. The zero-order chi connectivity index (χ0) is 26.6. The molecule has 2 amide bonds. The summed E-state index contributed by atoms with van der Waals surface area (Å²) in [6, 6.07) is 8.62. The number of rotatable bonds is 4. The second kappa shape index (κ2) is 11.4. The van der Waals surface area contributed by atoms with Crippen molar-refractivity contribution in [2.24, 2.45) is 12.8 Å². The first-order chi connectivity index (χ1) is 17.6. The number of halogens is 1. The number of sulfonamides is 1. The van der Waals surface area contributed by atoms with Crippen molar-refractivity contribution >= 4 is 39.3 Å². The average molecular weight is 544 g/mol. The standard InChI is InChI=1S/C20H19ClN4O2S.C5H11N3O/c1-25-12-22-11-19(25)20(24-28(2,26)27)17-8-14-4-3-7-23-18(14)9-13-5-6-15(21)10-16(13)17;6-5(9)8-3-1-7-2-4-8/h3-8,10-12,20,24H,9H2,1-2H3;7H,1-4H2,(H2,6,9). The first kappa shape index (κ1) is 26.8. The molecule has 12 heteroatoms. The fourth-order valence-corrected chi connectivity index (χ4v) is 5.24. The Balaban J connectivity index is 0.000000301. The van der Waals surface area contributed by atoms with E-state index < -0.39 is 16.1 Å². The second-order valence-electron chi connectivity index (χ2n) is 8.94. The van der Waals surface area contributed by atoms with Gasteiger partial charge in [0.25, 0.3) is 0 Å². The number of hydrogen-bond acceptors (Lipinski definition) is 6. The number of amides is 2. The van der Waals surface area contributed by atoms with Gasteiger partial charge < -0.3 is 20.5 Å². The number of carbonyl (C=O) groups excluding carboxylic acids is 1. The minimum atomic E-state index is -3.50. The number of hydrogen-bond donors (Lipinski definition) is 3. The van der Waals surface area contributed by atoms with Crippen LogP contribution < -0.4 is 15.8 Å². The first-order valence-electron chi connectivity index (χ1n) is 11.8. The van der Waals surface area contributed by atoms with Gasteiger partial charge in [0.2, 0.25) is 10.0 Å². The highest BCUT2D eigenvalue weighted by atomic mass is 35.5. The number of nitrogens with one attached hydrogen (secondary N) is 2. The number of aryl methyl sites for hydroxylation is 1. The second-order valence-corrected chi connectivity index (χ2v) is 11.2. The van der Waals surface area contributed by atoms with E-state index in [9.17, 15) is 13.2 Å². The predicted molar refractivity (Wildman–Crippen MR) is 144 cm³/mol. The van der Waals surface area contributed by atoms with Crippen LogP contribution in [-0.2, 0) is 23.5 Å². The van der Waals surface area contributed by atoms with Gasteiger partial charge in [-0.05, 0) is 46.5 Å². The van der Waals surface area contributed by atoms with Crippen molar-refractivity contribution in [3.05, 3.63) is 82.2 Å². The van der Waals surface area contributed by atoms with Crippen molar-refractivity contribution in [3.8, 4) is 0 Å². The van der Waals surface area contributed by atoms with E-state index in [-0.39, 0.29) is 6.03 Å². The van der Waals surface area contributed by atoms with E-state index in [0.717, 1.165) is 66.1 Å². The van der Waals surface area contributed by atoms with Crippen LogP contribution in [0.4, 0.5) is 4.79 Å². The summed E-state index contributed by atoms with van der Waals surface area (Å²) in [5.41, 5.74) is 10.4. The summed E-state index contributed by atoms with van der Waals surface area (Å²) < 4.78 is 29.0. The van der Waals surface area contributed by atoms with Crippen LogP contribution in [0.25, 0.3) is 11.6 Å². The Morgan fingerprint density at radius 1 is 1.24 bits per heavy atom. The van der Waals surface area contributed by atoms with Crippen LogP contribution in [0.15, 0.2) is 49.1 Å². The number of pyridine rings is 1. The van der Waals surface area contributed by atoms with Crippen LogP contribution in [-0.4, -0.2) is 66.3 Å². The number of nitrogens with two attached hydrogens (primary N) is 1. The first-order valence-corrected chi connectivity index (χ1v) is 14.0. The van der Waals surface area contributed by atoms with E-state index in [4.69, 9.17) is 17.3 Å². The molecule has 2 aromatic heterocycles. The predicted octanol–water partition coefficient (Wildman–Crippen LogP) is 2.17. The van der Waals surface area contributed by atoms with Crippen molar-refractivity contribution in [1.29, 1.82) is 0 Å². The molecule has 37 heavy (non-hydrogen) atoms. The van der Waals surface area contributed by atoms with Gasteiger partial charge in [-0.2, -0.15) is 0 Å². The van der Waals surface area contributed by atoms with Gasteiger partial charge in [-0.15, -0.1) is 0 Å². The molecule has 4 N–H and O–H groups in total.